The van der Waals surface area contributed by atoms with Crippen LogP contribution in [-0.4, -0.2) is 44.7 Å². The zero-order valence-corrected chi connectivity index (χ0v) is 14.8. The fourth-order valence-corrected chi connectivity index (χ4v) is 3.39. The van der Waals surface area contributed by atoms with E-state index in [1.54, 1.807) is 0 Å². The molecule has 1 saturated heterocycles. The van der Waals surface area contributed by atoms with Crippen molar-refractivity contribution in [3.05, 3.63) is 33.3 Å². The van der Waals surface area contributed by atoms with E-state index in [0.717, 1.165) is 31.0 Å². The monoisotopic (exact) mass is 393 g/mol. The van der Waals surface area contributed by atoms with Crippen molar-refractivity contribution in [1.29, 1.82) is 0 Å². The number of nitro groups is 1. The van der Waals surface area contributed by atoms with E-state index < -0.39 is 37.7 Å². The highest BCUT2D eigenvalue weighted by Gasteiger charge is 2.28. The number of ether oxygens (including phenoxy) is 2. The number of benzene rings is 1. The smallest absolute Gasteiger partial charge is 0.336 e. The molecule has 1 aromatic rings. The third kappa shape index (κ3) is 5.11. The Morgan fingerprint density at radius 1 is 1.52 bits per heavy atom. The minimum Gasteiger partial charge on any atom is -0.461 e. The zero-order valence-electron chi connectivity index (χ0n) is 13.2. The van der Waals surface area contributed by atoms with E-state index in [9.17, 15) is 23.3 Å². The maximum Gasteiger partial charge on any atom is 0.336 e. The van der Waals surface area contributed by atoms with Crippen LogP contribution in [0.5, 0.6) is 0 Å². The summed E-state index contributed by atoms with van der Waals surface area (Å²) >= 11 is 5.64. The summed E-state index contributed by atoms with van der Waals surface area (Å²) in [4.78, 5) is 21.4. The number of carbonyl (C=O) groups excluding carboxylic acids is 1. The summed E-state index contributed by atoms with van der Waals surface area (Å²) < 4.78 is 39.4. The molecular formula is C14H16ClNO8S. The number of rotatable bonds is 7. The van der Waals surface area contributed by atoms with Gasteiger partial charge < -0.3 is 9.47 Å². The molecule has 0 aromatic heterocycles. The average Bonchev–Trinajstić information content (AvgIpc) is 3.05. The van der Waals surface area contributed by atoms with Crippen LogP contribution in [0.4, 0.5) is 5.69 Å². The highest BCUT2D eigenvalue weighted by atomic mass is 35.5. The molecule has 1 aromatic carbocycles. The van der Waals surface area contributed by atoms with Gasteiger partial charge in [0.2, 0.25) is 0 Å². The van der Waals surface area contributed by atoms with Gasteiger partial charge in [0.1, 0.15) is 16.5 Å². The third-order valence-electron chi connectivity index (χ3n) is 3.44. The number of hydrogen-bond donors (Lipinski definition) is 0. The summed E-state index contributed by atoms with van der Waals surface area (Å²) in [6.45, 7) is 1.82. The lowest BCUT2D eigenvalue weighted by atomic mass is 10.2. The maximum absolute atomic E-state index is 12.2. The highest BCUT2D eigenvalue weighted by Crippen LogP contribution is 2.28. The van der Waals surface area contributed by atoms with Crippen LogP contribution in [0.25, 0.3) is 0 Å². The van der Waals surface area contributed by atoms with E-state index in [2.05, 4.69) is 0 Å². The Morgan fingerprint density at radius 2 is 2.24 bits per heavy atom. The van der Waals surface area contributed by atoms with Gasteiger partial charge in [0.25, 0.3) is 15.8 Å². The standard InChI is InChI=1S/C14H16ClNO8S/c1-9(14(17)23-8-10-3-2-6-22-10)24-25(20,21)11-4-5-12(15)13(7-11)16(18)19/h4-5,7,9-10H,2-3,6,8H2,1H3/t9-,10?/m0/s1. The van der Waals surface area contributed by atoms with E-state index in [4.69, 9.17) is 25.3 Å². The van der Waals surface area contributed by atoms with Gasteiger partial charge in [0.05, 0.1) is 11.0 Å². The first kappa shape index (κ1) is 19.6. The quantitative estimate of drug-likeness (QED) is 0.298. The zero-order chi connectivity index (χ0) is 18.6. The van der Waals surface area contributed by atoms with Gasteiger partial charge in [0.15, 0.2) is 6.10 Å². The topological polar surface area (TPSA) is 122 Å². The van der Waals surface area contributed by atoms with Crippen LogP contribution >= 0.6 is 11.6 Å². The molecule has 1 unspecified atom stereocenters. The van der Waals surface area contributed by atoms with Crippen LogP contribution in [0.1, 0.15) is 19.8 Å². The van der Waals surface area contributed by atoms with Crippen LogP contribution in [0.2, 0.25) is 5.02 Å². The van der Waals surface area contributed by atoms with Crippen molar-refractivity contribution in [3.63, 3.8) is 0 Å². The molecule has 11 heteroatoms. The van der Waals surface area contributed by atoms with Gasteiger partial charge >= 0.3 is 5.97 Å². The van der Waals surface area contributed by atoms with Crippen molar-refractivity contribution in [2.24, 2.45) is 0 Å². The summed E-state index contributed by atoms with van der Waals surface area (Å²) in [6, 6.07) is 2.88. The summed E-state index contributed by atoms with van der Waals surface area (Å²) in [5.41, 5.74) is -0.583. The van der Waals surface area contributed by atoms with Crippen molar-refractivity contribution in [1.82, 2.24) is 0 Å². The van der Waals surface area contributed by atoms with Crippen LogP contribution in [0.15, 0.2) is 23.1 Å². The fraction of sp³-hybridized carbons (Fsp3) is 0.500. The van der Waals surface area contributed by atoms with E-state index >= 15 is 0 Å². The second-order valence-electron chi connectivity index (χ2n) is 5.33. The van der Waals surface area contributed by atoms with Crippen molar-refractivity contribution < 1.29 is 31.8 Å². The van der Waals surface area contributed by atoms with Crippen molar-refractivity contribution >= 4 is 33.4 Å². The molecule has 0 amide bonds. The third-order valence-corrected chi connectivity index (χ3v) is 5.13. The molecule has 25 heavy (non-hydrogen) atoms. The Bertz CT molecular complexity index is 760. The minimum absolute atomic E-state index is 0.0129. The van der Waals surface area contributed by atoms with Crippen LogP contribution < -0.4 is 0 Å². The largest absolute Gasteiger partial charge is 0.461 e. The minimum atomic E-state index is -4.41. The van der Waals surface area contributed by atoms with Gasteiger partial charge in [-0.25, -0.2) is 4.79 Å². The molecule has 1 aliphatic heterocycles. The number of carbonyl (C=O) groups is 1. The predicted octanol–water partition coefficient (Wildman–Crippen LogP) is 2.06. The maximum atomic E-state index is 12.2. The number of halogens is 1. The second-order valence-corrected chi connectivity index (χ2v) is 7.31. The molecule has 0 N–H and O–H groups in total. The van der Waals surface area contributed by atoms with E-state index in [0.29, 0.717) is 6.61 Å². The summed E-state index contributed by atoms with van der Waals surface area (Å²) in [5.74, 6) is -0.873. The molecule has 2 rings (SSSR count). The Hall–Kier alpha value is -1.75. The molecule has 1 aliphatic rings. The van der Waals surface area contributed by atoms with Gasteiger partial charge in [-0.2, -0.15) is 8.42 Å². The Morgan fingerprint density at radius 3 is 2.84 bits per heavy atom. The molecule has 1 fully saturated rings. The molecule has 0 spiro atoms. The Kier molecular flexibility index (Phi) is 6.33. The SMILES string of the molecule is C[C@H](OS(=O)(=O)c1ccc(Cl)c([N+](=O)[O-])c1)C(=O)OCC1CCCO1. The molecule has 1 heterocycles. The Balaban J connectivity index is 2.03. The predicted molar refractivity (Wildman–Crippen MR) is 85.8 cm³/mol. The van der Waals surface area contributed by atoms with Gasteiger partial charge in [0, 0.05) is 12.7 Å². The lowest BCUT2D eigenvalue weighted by Crippen LogP contribution is -2.29. The van der Waals surface area contributed by atoms with Gasteiger partial charge in [-0.05, 0) is 31.9 Å². The lowest BCUT2D eigenvalue weighted by Gasteiger charge is -2.15. The number of esters is 1. The summed E-state index contributed by atoms with van der Waals surface area (Å²) in [6.07, 6.45) is 0.0144. The molecule has 2 atom stereocenters. The van der Waals surface area contributed by atoms with E-state index in [-0.39, 0.29) is 17.7 Å². The average molecular weight is 394 g/mol. The molecule has 138 valence electrons. The van der Waals surface area contributed by atoms with Crippen molar-refractivity contribution in [3.8, 4) is 0 Å². The van der Waals surface area contributed by atoms with Crippen molar-refractivity contribution in [2.45, 2.75) is 36.9 Å². The second kappa shape index (κ2) is 8.09. The number of hydrogen-bond acceptors (Lipinski definition) is 8. The lowest BCUT2D eigenvalue weighted by molar-refractivity contribution is -0.384. The molecule has 9 nitrogen and oxygen atoms in total. The van der Waals surface area contributed by atoms with E-state index in [1.807, 2.05) is 0 Å². The summed E-state index contributed by atoms with van der Waals surface area (Å²) in [5, 5.41) is 10.6. The normalized spacial score (nSPS) is 18.7. The fourth-order valence-electron chi connectivity index (χ4n) is 2.14. The van der Waals surface area contributed by atoms with Gasteiger partial charge in [-0.15, -0.1) is 0 Å². The van der Waals surface area contributed by atoms with Gasteiger partial charge in [-0.3, -0.25) is 14.3 Å². The first-order chi connectivity index (χ1) is 11.7. The van der Waals surface area contributed by atoms with Crippen LogP contribution in [0.3, 0.4) is 0 Å². The highest BCUT2D eigenvalue weighted by molar-refractivity contribution is 7.86. The number of nitrogens with zero attached hydrogens (tertiary/aromatic N) is 1. The molecule has 0 aliphatic carbocycles. The van der Waals surface area contributed by atoms with Crippen molar-refractivity contribution in [2.75, 3.05) is 13.2 Å². The number of nitro benzene ring substituents is 1. The first-order valence-corrected chi connectivity index (χ1v) is 9.15. The molecule has 0 bridgehead atoms. The molecule has 0 saturated carbocycles. The van der Waals surface area contributed by atoms with Gasteiger partial charge in [-0.1, -0.05) is 11.6 Å². The first-order valence-electron chi connectivity index (χ1n) is 7.36. The molecule has 0 radical (unpaired) electrons. The Labute approximate surface area is 149 Å². The van der Waals surface area contributed by atoms with Crippen LogP contribution in [0, 0.1) is 10.1 Å². The van der Waals surface area contributed by atoms with E-state index in [1.165, 1.54) is 6.92 Å². The summed E-state index contributed by atoms with van der Waals surface area (Å²) in [7, 11) is -4.41. The molecular weight excluding hydrogens is 378 g/mol. The van der Waals surface area contributed by atoms with Crippen LogP contribution in [-0.2, 0) is 28.6 Å².